The van der Waals surface area contributed by atoms with E-state index in [1.807, 2.05) is 32.9 Å². The molecule has 27 heavy (non-hydrogen) atoms. The van der Waals surface area contributed by atoms with Crippen LogP contribution < -0.4 is 16.2 Å². The van der Waals surface area contributed by atoms with E-state index in [1.54, 1.807) is 12.1 Å². The molecule has 0 saturated carbocycles. The molecule has 0 aliphatic heterocycles. The largest absolute Gasteiger partial charge is 0.325 e. The summed E-state index contributed by atoms with van der Waals surface area (Å²) in [6.07, 6.45) is 2.15. The summed E-state index contributed by atoms with van der Waals surface area (Å²) in [5, 5.41) is 5.33. The van der Waals surface area contributed by atoms with Gasteiger partial charge in [-0.05, 0) is 49.6 Å². The van der Waals surface area contributed by atoms with Crippen molar-refractivity contribution in [2.75, 3.05) is 5.32 Å². The molecule has 3 rings (SSSR count). The predicted molar refractivity (Wildman–Crippen MR) is 106 cm³/mol. The standard InChI is InChI=1S/C19H20N4O3S/c1-4-14-8-15-17(27-14)20-10-23(18(15)25)9-16(24)22-19(26)21-13-6-5-11(2)12(3)7-13/h5-8,10H,4,9H2,1-3H3,(H2,21,22,24,26). The number of hydrogen-bond acceptors (Lipinski definition) is 5. The molecule has 2 N–H and O–H groups in total. The number of imide groups is 1. The van der Waals surface area contributed by atoms with Gasteiger partial charge >= 0.3 is 6.03 Å². The molecule has 0 bridgehead atoms. The Kier molecular flexibility index (Phi) is 5.36. The third-order valence-corrected chi connectivity index (χ3v) is 5.44. The lowest BCUT2D eigenvalue weighted by atomic mass is 10.1. The Balaban J connectivity index is 1.67. The molecule has 0 unspecified atom stereocenters. The van der Waals surface area contributed by atoms with Crippen LogP contribution >= 0.6 is 11.3 Å². The quantitative estimate of drug-likeness (QED) is 0.723. The number of nitrogens with zero attached hydrogens (tertiary/aromatic N) is 2. The molecule has 0 aliphatic carbocycles. The van der Waals surface area contributed by atoms with Crippen LogP contribution in [0.5, 0.6) is 0 Å². The topological polar surface area (TPSA) is 93.1 Å². The zero-order valence-corrected chi connectivity index (χ0v) is 16.1. The summed E-state index contributed by atoms with van der Waals surface area (Å²) >= 11 is 1.46. The summed E-state index contributed by atoms with van der Waals surface area (Å²) in [4.78, 5) is 42.6. The summed E-state index contributed by atoms with van der Waals surface area (Å²) in [6, 6.07) is 6.63. The van der Waals surface area contributed by atoms with Gasteiger partial charge in [0, 0.05) is 10.6 Å². The number of aryl methyl sites for hydroxylation is 3. The molecule has 8 heteroatoms. The van der Waals surface area contributed by atoms with Crippen molar-refractivity contribution in [2.45, 2.75) is 33.7 Å². The molecule has 0 spiro atoms. The minimum absolute atomic E-state index is 0.278. The van der Waals surface area contributed by atoms with E-state index >= 15 is 0 Å². The van der Waals surface area contributed by atoms with Gasteiger partial charge in [-0.2, -0.15) is 0 Å². The molecule has 0 saturated heterocycles. The van der Waals surface area contributed by atoms with E-state index in [1.165, 1.54) is 22.2 Å². The fourth-order valence-corrected chi connectivity index (χ4v) is 3.52. The molecule has 2 heterocycles. The summed E-state index contributed by atoms with van der Waals surface area (Å²) in [5.41, 5.74) is 2.45. The van der Waals surface area contributed by atoms with Gasteiger partial charge in [0.05, 0.1) is 11.7 Å². The van der Waals surface area contributed by atoms with Crippen molar-refractivity contribution in [1.82, 2.24) is 14.9 Å². The van der Waals surface area contributed by atoms with Gasteiger partial charge in [0.15, 0.2) is 0 Å². The lowest BCUT2D eigenvalue weighted by Crippen LogP contribution is -2.38. The van der Waals surface area contributed by atoms with Gasteiger partial charge in [-0.3, -0.25) is 19.5 Å². The molecule has 0 fully saturated rings. The van der Waals surface area contributed by atoms with E-state index in [0.29, 0.717) is 15.9 Å². The Bertz CT molecular complexity index is 1080. The maximum Gasteiger partial charge on any atom is 0.325 e. The molecule has 0 aliphatic rings. The first-order valence-electron chi connectivity index (χ1n) is 8.53. The number of amides is 3. The average molecular weight is 384 g/mol. The van der Waals surface area contributed by atoms with E-state index in [-0.39, 0.29) is 12.1 Å². The highest BCUT2D eigenvalue weighted by molar-refractivity contribution is 7.18. The van der Waals surface area contributed by atoms with Crippen molar-refractivity contribution in [3.63, 3.8) is 0 Å². The number of nitrogens with one attached hydrogen (secondary N) is 2. The third kappa shape index (κ3) is 4.22. The predicted octanol–water partition coefficient (Wildman–Crippen LogP) is 2.99. The number of hydrogen-bond donors (Lipinski definition) is 2. The van der Waals surface area contributed by atoms with E-state index in [2.05, 4.69) is 15.6 Å². The van der Waals surface area contributed by atoms with Crippen LogP contribution in [0.4, 0.5) is 10.5 Å². The number of thiophene rings is 1. The van der Waals surface area contributed by atoms with Crippen LogP contribution in [0.1, 0.15) is 22.9 Å². The van der Waals surface area contributed by atoms with Crippen molar-refractivity contribution >= 4 is 39.2 Å². The molecular formula is C19H20N4O3S. The highest BCUT2D eigenvalue weighted by atomic mass is 32.1. The Labute approximate surface area is 160 Å². The number of carbonyl (C=O) groups is 2. The lowest BCUT2D eigenvalue weighted by molar-refractivity contribution is -0.120. The van der Waals surface area contributed by atoms with Crippen LogP contribution in [0.25, 0.3) is 10.2 Å². The summed E-state index contributed by atoms with van der Waals surface area (Å²) in [7, 11) is 0. The monoisotopic (exact) mass is 384 g/mol. The molecular weight excluding hydrogens is 364 g/mol. The number of rotatable bonds is 4. The molecule has 7 nitrogen and oxygen atoms in total. The molecule has 140 valence electrons. The minimum Gasteiger partial charge on any atom is -0.308 e. The van der Waals surface area contributed by atoms with Crippen LogP contribution in [0.15, 0.2) is 35.4 Å². The second-order valence-electron chi connectivity index (χ2n) is 6.26. The van der Waals surface area contributed by atoms with E-state index in [4.69, 9.17) is 0 Å². The van der Waals surface area contributed by atoms with Crippen LogP contribution in [0.3, 0.4) is 0 Å². The van der Waals surface area contributed by atoms with Crippen molar-refractivity contribution in [3.05, 3.63) is 57.0 Å². The van der Waals surface area contributed by atoms with Crippen LogP contribution in [-0.2, 0) is 17.8 Å². The highest BCUT2D eigenvalue weighted by Crippen LogP contribution is 2.20. The number of anilines is 1. The summed E-state index contributed by atoms with van der Waals surface area (Å²) < 4.78 is 1.20. The lowest BCUT2D eigenvalue weighted by Gasteiger charge is -2.09. The number of benzene rings is 1. The molecule has 0 radical (unpaired) electrons. The first kappa shape index (κ1) is 18.8. The first-order valence-corrected chi connectivity index (χ1v) is 9.35. The van der Waals surface area contributed by atoms with Gasteiger partial charge in [0.25, 0.3) is 5.56 Å². The smallest absolute Gasteiger partial charge is 0.308 e. The first-order chi connectivity index (χ1) is 12.9. The highest BCUT2D eigenvalue weighted by Gasteiger charge is 2.13. The zero-order chi connectivity index (χ0) is 19.6. The van der Waals surface area contributed by atoms with Gasteiger partial charge in [-0.25, -0.2) is 9.78 Å². The Hall–Kier alpha value is -3.00. The van der Waals surface area contributed by atoms with Gasteiger partial charge in [-0.1, -0.05) is 13.0 Å². The average Bonchev–Trinajstić information content (AvgIpc) is 3.05. The second kappa shape index (κ2) is 7.71. The Morgan fingerprint density at radius 1 is 1.19 bits per heavy atom. The van der Waals surface area contributed by atoms with Crippen LogP contribution in [-0.4, -0.2) is 21.5 Å². The van der Waals surface area contributed by atoms with E-state index in [0.717, 1.165) is 22.4 Å². The molecule has 1 aromatic carbocycles. The molecule has 2 aromatic heterocycles. The van der Waals surface area contributed by atoms with Crippen molar-refractivity contribution in [2.24, 2.45) is 0 Å². The fraction of sp³-hybridized carbons (Fsp3) is 0.263. The number of fused-ring (bicyclic) bond motifs is 1. The van der Waals surface area contributed by atoms with Crippen molar-refractivity contribution < 1.29 is 9.59 Å². The molecule has 0 atom stereocenters. The SMILES string of the molecule is CCc1cc2c(=O)n(CC(=O)NC(=O)Nc3ccc(C)c(C)c3)cnc2s1. The van der Waals surface area contributed by atoms with Crippen molar-refractivity contribution in [3.8, 4) is 0 Å². The Morgan fingerprint density at radius 3 is 2.67 bits per heavy atom. The van der Waals surface area contributed by atoms with Crippen LogP contribution in [0, 0.1) is 13.8 Å². The van der Waals surface area contributed by atoms with Gasteiger partial charge in [-0.15, -0.1) is 11.3 Å². The van der Waals surface area contributed by atoms with E-state index in [9.17, 15) is 14.4 Å². The minimum atomic E-state index is -0.644. The zero-order valence-electron chi connectivity index (χ0n) is 15.3. The van der Waals surface area contributed by atoms with Crippen LogP contribution in [0.2, 0.25) is 0 Å². The van der Waals surface area contributed by atoms with Gasteiger partial charge in [0.1, 0.15) is 11.4 Å². The Morgan fingerprint density at radius 2 is 1.96 bits per heavy atom. The normalized spacial score (nSPS) is 10.8. The number of urea groups is 1. The second-order valence-corrected chi connectivity index (χ2v) is 7.38. The third-order valence-electron chi connectivity index (χ3n) is 4.25. The fourth-order valence-electron chi connectivity index (χ4n) is 2.60. The molecule has 3 aromatic rings. The summed E-state index contributed by atoms with van der Waals surface area (Å²) in [5.74, 6) is -0.592. The van der Waals surface area contributed by atoms with Gasteiger partial charge < -0.3 is 5.32 Å². The number of carbonyl (C=O) groups excluding carboxylic acids is 2. The maximum atomic E-state index is 12.5. The maximum absolute atomic E-state index is 12.5. The van der Waals surface area contributed by atoms with Crippen molar-refractivity contribution in [1.29, 1.82) is 0 Å². The summed E-state index contributed by atoms with van der Waals surface area (Å²) in [6.45, 7) is 5.64. The number of aromatic nitrogens is 2. The van der Waals surface area contributed by atoms with E-state index < -0.39 is 11.9 Å². The molecule has 3 amide bonds. The van der Waals surface area contributed by atoms with Gasteiger partial charge in [0.2, 0.25) is 5.91 Å².